The number of esters is 2. The monoisotopic (exact) mass is 515 g/mol. The molecule has 2 aromatic carbocycles. The van der Waals surface area contributed by atoms with Crippen molar-refractivity contribution in [2.24, 2.45) is 0 Å². The average molecular weight is 515 g/mol. The molecule has 14 nitrogen and oxygen atoms in total. The van der Waals surface area contributed by atoms with E-state index in [0.717, 1.165) is 36.4 Å². The maximum absolute atomic E-state index is 12.8. The van der Waals surface area contributed by atoms with Crippen LogP contribution in [0.1, 0.15) is 33.6 Å². The van der Waals surface area contributed by atoms with Crippen molar-refractivity contribution in [3.8, 4) is 6.07 Å². The Morgan fingerprint density at radius 1 is 1.05 bits per heavy atom. The molecule has 0 aromatic heterocycles. The number of nitrogens with zero attached hydrogens (tertiary/aromatic N) is 3. The van der Waals surface area contributed by atoms with Crippen molar-refractivity contribution in [2.75, 3.05) is 13.7 Å². The third-order valence-electron chi connectivity index (χ3n) is 5.60. The van der Waals surface area contributed by atoms with Crippen molar-refractivity contribution in [1.82, 2.24) is 0 Å². The highest BCUT2D eigenvalue weighted by Crippen LogP contribution is 2.35. The van der Waals surface area contributed by atoms with E-state index in [-0.39, 0.29) is 28.9 Å². The van der Waals surface area contributed by atoms with E-state index < -0.39 is 58.9 Å². The van der Waals surface area contributed by atoms with Crippen LogP contribution in [0.3, 0.4) is 0 Å². The van der Waals surface area contributed by atoms with E-state index in [1.807, 2.05) is 6.07 Å². The van der Waals surface area contributed by atoms with Crippen LogP contribution in [-0.2, 0) is 18.9 Å². The lowest BCUT2D eigenvalue weighted by Crippen LogP contribution is -2.60. The molecule has 1 saturated heterocycles. The molecule has 0 saturated carbocycles. The van der Waals surface area contributed by atoms with E-state index in [1.165, 1.54) is 19.2 Å². The molecule has 4 atom stereocenters. The Morgan fingerprint density at radius 3 is 2.03 bits per heavy atom. The number of methoxy groups -OCH3 is 1. The molecule has 194 valence electrons. The Morgan fingerprint density at radius 2 is 1.57 bits per heavy atom. The number of non-ortho nitro benzene ring substituents is 2. The number of nitro groups is 2. The van der Waals surface area contributed by atoms with Crippen LogP contribution in [0.4, 0.5) is 11.4 Å². The topological polar surface area (TPSA) is 201 Å². The number of rotatable bonds is 9. The molecule has 4 unspecified atom stereocenters. The van der Waals surface area contributed by atoms with Crippen LogP contribution in [0, 0.1) is 31.6 Å². The minimum atomic E-state index is -1.95. The van der Waals surface area contributed by atoms with Crippen LogP contribution in [0.25, 0.3) is 0 Å². The molecule has 2 aromatic rings. The lowest BCUT2D eigenvalue weighted by molar-refractivity contribution is -0.385. The van der Waals surface area contributed by atoms with Gasteiger partial charge < -0.3 is 24.1 Å². The van der Waals surface area contributed by atoms with Gasteiger partial charge in [0.2, 0.25) is 0 Å². The van der Waals surface area contributed by atoms with Gasteiger partial charge in [-0.3, -0.25) is 20.2 Å². The smallest absolute Gasteiger partial charge is 0.338 e. The Labute approximate surface area is 209 Å². The largest absolute Gasteiger partial charge is 0.459 e. The van der Waals surface area contributed by atoms with Crippen molar-refractivity contribution >= 4 is 23.3 Å². The molecule has 1 aliphatic heterocycles. The summed E-state index contributed by atoms with van der Waals surface area (Å²) in [5, 5.41) is 42.2. The molecule has 1 N–H and O–H groups in total. The Balaban J connectivity index is 1.81. The normalized spacial score (nSPS) is 22.9. The first-order chi connectivity index (χ1) is 17.6. The number of carbonyl (C=O) groups excluding carboxylic acids is 2. The summed E-state index contributed by atoms with van der Waals surface area (Å²) in [6.45, 7) is -0.540. The second kappa shape index (κ2) is 11.5. The predicted octanol–water partition coefficient (Wildman–Crippen LogP) is 2.29. The minimum absolute atomic E-state index is 0.00332. The Bertz CT molecular complexity index is 1210. The van der Waals surface area contributed by atoms with Crippen molar-refractivity contribution < 1.29 is 43.5 Å². The first kappa shape index (κ1) is 27.1. The molecule has 0 amide bonds. The summed E-state index contributed by atoms with van der Waals surface area (Å²) in [4.78, 5) is 45.7. The van der Waals surface area contributed by atoms with Crippen LogP contribution in [0.15, 0.2) is 48.5 Å². The van der Waals surface area contributed by atoms with E-state index in [0.29, 0.717) is 0 Å². The van der Waals surface area contributed by atoms with Gasteiger partial charge in [-0.2, -0.15) is 5.26 Å². The zero-order valence-corrected chi connectivity index (χ0v) is 19.3. The highest BCUT2D eigenvalue weighted by Gasteiger charge is 2.52. The fourth-order valence-corrected chi connectivity index (χ4v) is 3.69. The molecule has 1 aliphatic rings. The predicted molar refractivity (Wildman–Crippen MR) is 121 cm³/mol. The third kappa shape index (κ3) is 6.41. The van der Waals surface area contributed by atoms with E-state index in [9.17, 15) is 40.2 Å². The number of hydrogen-bond donors (Lipinski definition) is 1. The lowest BCUT2D eigenvalue weighted by atomic mass is 9.84. The number of benzene rings is 2. The standard InChI is InChI=1S/C23H21N3O11/c1-34-19-12-23(29,10-11-24)20(37-22(28)15-4-8-17(9-5-15)26(32)33)18(36-19)13-35-21(27)14-2-6-16(7-3-14)25(30)31/h2-9,18-20,29H,10,12-13H2,1H3. The fourth-order valence-electron chi connectivity index (χ4n) is 3.69. The average Bonchev–Trinajstić information content (AvgIpc) is 2.88. The Hall–Kier alpha value is -4.45. The van der Waals surface area contributed by atoms with Crippen LogP contribution >= 0.6 is 0 Å². The third-order valence-corrected chi connectivity index (χ3v) is 5.60. The maximum atomic E-state index is 12.8. The molecular weight excluding hydrogens is 494 g/mol. The van der Waals surface area contributed by atoms with Gasteiger partial charge >= 0.3 is 11.9 Å². The summed E-state index contributed by atoms with van der Waals surface area (Å²) in [5.41, 5.74) is -2.50. The highest BCUT2D eigenvalue weighted by atomic mass is 16.7. The fraction of sp³-hybridized carbons (Fsp3) is 0.348. The van der Waals surface area contributed by atoms with Gasteiger partial charge in [0, 0.05) is 37.8 Å². The van der Waals surface area contributed by atoms with Crippen LogP contribution < -0.4 is 0 Å². The van der Waals surface area contributed by atoms with E-state index in [1.54, 1.807) is 0 Å². The molecule has 0 radical (unpaired) electrons. The quantitative estimate of drug-likeness (QED) is 0.290. The van der Waals surface area contributed by atoms with E-state index in [2.05, 4.69) is 0 Å². The molecule has 14 heteroatoms. The molecule has 0 aliphatic carbocycles. The molecular formula is C23H21N3O11. The summed E-state index contributed by atoms with van der Waals surface area (Å²) >= 11 is 0. The van der Waals surface area contributed by atoms with Gasteiger partial charge in [-0.05, 0) is 24.3 Å². The number of ether oxygens (including phenoxy) is 4. The van der Waals surface area contributed by atoms with Gasteiger partial charge in [0.25, 0.3) is 11.4 Å². The van der Waals surface area contributed by atoms with Gasteiger partial charge in [-0.1, -0.05) is 0 Å². The summed E-state index contributed by atoms with van der Waals surface area (Å²) in [6.07, 6.45) is -4.54. The van der Waals surface area contributed by atoms with Gasteiger partial charge in [0.15, 0.2) is 12.4 Å². The number of aliphatic hydroxyl groups is 1. The number of nitro benzene ring substituents is 2. The maximum Gasteiger partial charge on any atom is 0.338 e. The molecule has 37 heavy (non-hydrogen) atoms. The van der Waals surface area contributed by atoms with Crippen molar-refractivity contribution in [2.45, 2.75) is 36.9 Å². The van der Waals surface area contributed by atoms with Crippen molar-refractivity contribution in [3.05, 3.63) is 79.9 Å². The van der Waals surface area contributed by atoms with E-state index >= 15 is 0 Å². The van der Waals surface area contributed by atoms with Gasteiger partial charge in [0.05, 0.1) is 33.5 Å². The summed E-state index contributed by atoms with van der Waals surface area (Å²) in [7, 11) is 1.29. The highest BCUT2D eigenvalue weighted by molar-refractivity contribution is 5.90. The zero-order valence-electron chi connectivity index (χ0n) is 19.3. The van der Waals surface area contributed by atoms with E-state index in [4.69, 9.17) is 18.9 Å². The van der Waals surface area contributed by atoms with Crippen molar-refractivity contribution in [3.63, 3.8) is 0 Å². The number of hydrogen-bond acceptors (Lipinski definition) is 12. The van der Waals surface area contributed by atoms with Crippen LogP contribution in [0.5, 0.6) is 0 Å². The van der Waals surface area contributed by atoms with Crippen molar-refractivity contribution in [1.29, 1.82) is 5.26 Å². The molecule has 1 heterocycles. The van der Waals surface area contributed by atoms with Crippen LogP contribution in [0.2, 0.25) is 0 Å². The van der Waals surface area contributed by atoms with Crippen LogP contribution in [-0.4, -0.2) is 64.7 Å². The van der Waals surface area contributed by atoms with Gasteiger partial charge in [-0.25, -0.2) is 9.59 Å². The molecule has 0 spiro atoms. The molecule has 3 rings (SSSR count). The van der Waals surface area contributed by atoms with Gasteiger partial charge in [0.1, 0.15) is 18.3 Å². The number of carbonyl (C=O) groups is 2. The SMILES string of the molecule is COC1CC(O)(CC#N)C(OC(=O)c2ccc([N+](=O)[O-])cc2)C(COC(=O)c2ccc([N+](=O)[O-])cc2)O1. The second-order valence-electron chi connectivity index (χ2n) is 8.01. The summed E-state index contributed by atoms with van der Waals surface area (Å²) in [5.74, 6) is -1.84. The second-order valence-corrected chi connectivity index (χ2v) is 8.01. The Kier molecular flexibility index (Phi) is 8.45. The minimum Gasteiger partial charge on any atom is -0.459 e. The number of nitriles is 1. The van der Waals surface area contributed by atoms with Gasteiger partial charge in [-0.15, -0.1) is 0 Å². The summed E-state index contributed by atoms with van der Waals surface area (Å²) < 4.78 is 21.6. The first-order valence-corrected chi connectivity index (χ1v) is 10.7. The zero-order chi connectivity index (χ0) is 27.2. The molecule has 1 fully saturated rings. The lowest BCUT2D eigenvalue weighted by Gasteiger charge is -2.44. The first-order valence-electron chi connectivity index (χ1n) is 10.7. The molecule has 0 bridgehead atoms. The summed E-state index contributed by atoms with van der Waals surface area (Å²) in [6, 6.07) is 11.0.